The van der Waals surface area contributed by atoms with Crippen LogP contribution in [0.3, 0.4) is 0 Å². The highest BCUT2D eigenvalue weighted by Crippen LogP contribution is 2.32. The maximum atomic E-state index is 14.5. The molecule has 0 saturated heterocycles. The predicted octanol–water partition coefficient (Wildman–Crippen LogP) is 2.99. The van der Waals surface area contributed by atoms with E-state index < -0.39 is 11.7 Å². The number of allylic oxidation sites excluding steroid dienone is 1. The SMILES string of the molecule is C=C(OCC)C(C(=N)N)=C(C=O)NC(=C)c1ccc(Cl)c(OC)c1F. The van der Waals surface area contributed by atoms with Crippen molar-refractivity contribution >= 4 is 29.4 Å². The summed E-state index contributed by atoms with van der Waals surface area (Å²) in [4.78, 5) is 11.4. The van der Waals surface area contributed by atoms with Crippen LogP contribution in [0, 0.1) is 11.2 Å². The molecule has 4 N–H and O–H groups in total. The van der Waals surface area contributed by atoms with E-state index in [1.165, 1.54) is 19.2 Å². The summed E-state index contributed by atoms with van der Waals surface area (Å²) in [5.41, 5.74) is 5.39. The number of aldehydes is 1. The summed E-state index contributed by atoms with van der Waals surface area (Å²) >= 11 is 5.85. The van der Waals surface area contributed by atoms with Gasteiger partial charge in [-0.2, -0.15) is 0 Å². The molecule has 25 heavy (non-hydrogen) atoms. The number of carbonyl (C=O) groups excluding carboxylic acids is 1. The minimum absolute atomic E-state index is 0.0329. The van der Waals surface area contributed by atoms with Gasteiger partial charge >= 0.3 is 0 Å². The quantitative estimate of drug-likeness (QED) is 0.156. The van der Waals surface area contributed by atoms with Crippen LogP contribution in [0.4, 0.5) is 4.39 Å². The molecular weight excluding hydrogens is 349 g/mol. The van der Waals surface area contributed by atoms with Gasteiger partial charge in [0.25, 0.3) is 0 Å². The molecule has 0 aliphatic rings. The Morgan fingerprint density at radius 3 is 2.60 bits per heavy atom. The van der Waals surface area contributed by atoms with Gasteiger partial charge in [0.15, 0.2) is 17.9 Å². The molecule has 1 aromatic carbocycles. The van der Waals surface area contributed by atoms with Crippen LogP contribution in [0.5, 0.6) is 5.75 Å². The molecule has 0 aliphatic carbocycles. The van der Waals surface area contributed by atoms with Crippen molar-refractivity contribution in [3.05, 3.63) is 58.7 Å². The van der Waals surface area contributed by atoms with E-state index in [9.17, 15) is 9.18 Å². The van der Waals surface area contributed by atoms with E-state index in [4.69, 9.17) is 32.2 Å². The first-order valence-electron chi connectivity index (χ1n) is 7.12. The normalized spacial score (nSPS) is 11.2. The number of carbonyl (C=O) groups is 1. The number of hydrogen-bond acceptors (Lipinski definition) is 5. The van der Waals surface area contributed by atoms with E-state index in [0.717, 1.165) is 0 Å². The Bertz CT molecular complexity index is 760. The van der Waals surface area contributed by atoms with Crippen LogP contribution in [0.2, 0.25) is 5.02 Å². The molecule has 0 radical (unpaired) electrons. The van der Waals surface area contributed by atoms with Crippen LogP contribution < -0.4 is 15.8 Å². The van der Waals surface area contributed by atoms with Gasteiger partial charge < -0.3 is 20.5 Å². The number of amidine groups is 1. The molecule has 8 heteroatoms. The van der Waals surface area contributed by atoms with Crippen molar-refractivity contribution in [1.82, 2.24) is 5.32 Å². The predicted molar refractivity (Wildman–Crippen MR) is 95.9 cm³/mol. The van der Waals surface area contributed by atoms with Gasteiger partial charge in [-0.25, -0.2) is 4.39 Å². The van der Waals surface area contributed by atoms with E-state index >= 15 is 0 Å². The fourth-order valence-corrected chi connectivity index (χ4v) is 2.25. The van der Waals surface area contributed by atoms with Gasteiger partial charge in [0.1, 0.15) is 11.6 Å². The number of nitrogens with two attached hydrogens (primary N) is 1. The molecule has 0 aromatic heterocycles. The smallest absolute Gasteiger partial charge is 0.175 e. The third-order valence-electron chi connectivity index (χ3n) is 3.12. The Morgan fingerprint density at radius 1 is 1.48 bits per heavy atom. The highest BCUT2D eigenvalue weighted by atomic mass is 35.5. The number of hydrogen-bond donors (Lipinski definition) is 3. The lowest BCUT2D eigenvalue weighted by Crippen LogP contribution is -2.24. The zero-order valence-corrected chi connectivity index (χ0v) is 14.7. The Kier molecular flexibility index (Phi) is 7.20. The summed E-state index contributed by atoms with van der Waals surface area (Å²) in [6.07, 6.45) is 0.414. The fraction of sp³-hybridized carbons (Fsp3) is 0.176. The molecule has 0 atom stereocenters. The standard InChI is InChI=1S/C17H19ClFN3O3/c1-5-25-10(3)14(17(20)21)13(8-23)22-9(2)11-6-7-12(18)16(24-4)15(11)19/h6-8,22H,2-3,5H2,1,4H3,(H3,20,21). The molecule has 6 nitrogen and oxygen atoms in total. The van der Waals surface area contributed by atoms with Crippen LogP contribution in [0.15, 0.2) is 42.3 Å². The second-order valence-electron chi connectivity index (χ2n) is 4.72. The number of ether oxygens (including phenoxy) is 2. The van der Waals surface area contributed by atoms with Crippen LogP contribution in [0.1, 0.15) is 12.5 Å². The van der Waals surface area contributed by atoms with Crippen molar-refractivity contribution < 1.29 is 18.7 Å². The van der Waals surface area contributed by atoms with E-state index in [1.54, 1.807) is 6.92 Å². The Hall–Kier alpha value is -2.80. The average molecular weight is 368 g/mol. The Balaban J connectivity index is 3.31. The van der Waals surface area contributed by atoms with Crippen molar-refractivity contribution in [3.63, 3.8) is 0 Å². The van der Waals surface area contributed by atoms with E-state index in [1.807, 2.05) is 0 Å². The monoisotopic (exact) mass is 367 g/mol. The van der Waals surface area contributed by atoms with Gasteiger partial charge in [0, 0.05) is 11.3 Å². The second-order valence-corrected chi connectivity index (χ2v) is 5.13. The molecule has 0 aliphatic heterocycles. The number of benzene rings is 1. The molecule has 0 saturated carbocycles. The molecule has 134 valence electrons. The van der Waals surface area contributed by atoms with Crippen LogP contribution >= 0.6 is 11.6 Å². The maximum Gasteiger partial charge on any atom is 0.175 e. The average Bonchev–Trinajstić information content (AvgIpc) is 2.54. The Morgan fingerprint density at radius 2 is 2.12 bits per heavy atom. The lowest BCUT2D eigenvalue weighted by Gasteiger charge is -2.17. The molecule has 0 bridgehead atoms. The highest BCUT2D eigenvalue weighted by Gasteiger charge is 2.19. The highest BCUT2D eigenvalue weighted by molar-refractivity contribution is 6.32. The first-order chi connectivity index (χ1) is 11.8. The first-order valence-corrected chi connectivity index (χ1v) is 7.50. The third kappa shape index (κ3) is 4.60. The molecule has 0 spiro atoms. The van der Waals surface area contributed by atoms with Crippen molar-refractivity contribution in [2.75, 3.05) is 13.7 Å². The van der Waals surface area contributed by atoms with Gasteiger partial charge in [0.05, 0.1) is 30.0 Å². The zero-order valence-electron chi connectivity index (χ0n) is 13.9. The molecule has 0 fully saturated rings. The summed E-state index contributed by atoms with van der Waals surface area (Å²) in [7, 11) is 1.28. The molecule has 1 aromatic rings. The van der Waals surface area contributed by atoms with Gasteiger partial charge in [-0.1, -0.05) is 24.8 Å². The number of halogens is 2. The molecule has 0 unspecified atom stereocenters. The van der Waals surface area contributed by atoms with Gasteiger partial charge in [-0.3, -0.25) is 10.2 Å². The van der Waals surface area contributed by atoms with Crippen LogP contribution in [-0.2, 0) is 9.53 Å². The van der Waals surface area contributed by atoms with Gasteiger partial charge in [-0.05, 0) is 19.1 Å². The molecule has 1 rings (SSSR count). The minimum Gasteiger partial charge on any atom is -0.494 e. The van der Waals surface area contributed by atoms with E-state index in [2.05, 4.69) is 18.5 Å². The number of methoxy groups -OCH3 is 1. The van der Waals surface area contributed by atoms with E-state index in [-0.39, 0.29) is 45.7 Å². The van der Waals surface area contributed by atoms with Gasteiger partial charge in [-0.15, -0.1) is 0 Å². The number of rotatable bonds is 9. The fourth-order valence-electron chi connectivity index (χ4n) is 2.03. The number of nitrogens with one attached hydrogen (secondary N) is 2. The molecular formula is C17H19ClFN3O3. The summed E-state index contributed by atoms with van der Waals surface area (Å²) in [5, 5.41) is 10.3. The summed E-state index contributed by atoms with van der Waals surface area (Å²) in [5.74, 6) is -1.29. The van der Waals surface area contributed by atoms with Crippen molar-refractivity contribution in [3.8, 4) is 5.75 Å². The first kappa shape index (κ1) is 20.2. The Labute approximate surface area is 150 Å². The molecule has 0 heterocycles. The maximum absolute atomic E-state index is 14.5. The van der Waals surface area contributed by atoms with Gasteiger partial charge in [0.2, 0.25) is 0 Å². The zero-order chi connectivity index (χ0) is 19.1. The summed E-state index contributed by atoms with van der Waals surface area (Å²) < 4.78 is 24.6. The van der Waals surface area contributed by atoms with Crippen molar-refractivity contribution in [2.24, 2.45) is 5.73 Å². The largest absolute Gasteiger partial charge is 0.494 e. The van der Waals surface area contributed by atoms with Crippen LogP contribution in [-0.4, -0.2) is 25.8 Å². The van der Waals surface area contributed by atoms with E-state index in [0.29, 0.717) is 6.29 Å². The minimum atomic E-state index is -0.745. The lowest BCUT2D eigenvalue weighted by atomic mass is 10.1. The summed E-state index contributed by atoms with van der Waals surface area (Å²) in [6.45, 7) is 9.31. The topological polar surface area (TPSA) is 97.4 Å². The summed E-state index contributed by atoms with van der Waals surface area (Å²) in [6, 6.07) is 2.81. The molecule has 0 amide bonds. The second kappa shape index (κ2) is 8.89. The van der Waals surface area contributed by atoms with Crippen LogP contribution in [0.25, 0.3) is 5.70 Å². The lowest BCUT2D eigenvalue weighted by molar-refractivity contribution is -0.105. The van der Waals surface area contributed by atoms with Crippen molar-refractivity contribution in [2.45, 2.75) is 6.92 Å². The van der Waals surface area contributed by atoms with Crippen molar-refractivity contribution in [1.29, 1.82) is 5.41 Å². The third-order valence-corrected chi connectivity index (χ3v) is 3.42.